The van der Waals surface area contributed by atoms with E-state index in [9.17, 15) is 8.42 Å². The molecule has 4 nitrogen and oxygen atoms in total. The maximum atomic E-state index is 11.5. The fourth-order valence-corrected chi connectivity index (χ4v) is 4.60. The maximum Gasteiger partial charge on any atom is 0.153 e. The first kappa shape index (κ1) is 13.3. The van der Waals surface area contributed by atoms with Crippen LogP contribution in [0.2, 0.25) is 0 Å². The highest BCUT2D eigenvalue weighted by atomic mass is 35.5. The Morgan fingerprint density at radius 2 is 2.41 bits per heavy atom. The molecule has 0 aliphatic carbocycles. The van der Waals surface area contributed by atoms with Crippen LogP contribution in [0.15, 0.2) is 5.38 Å². The van der Waals surface area contributed by atoms with Crippen molar-refractivity contribution in [2.75, 3.05) is 18.1 Å². The van der Waals surface area contributed by atoms with Crippen LogP contribution in [-0.4, -0.2) is 42.4 Å². The molecule has 1 aromatic rings. The van der Waals surface area contributed by atoms with Gasteiger partial charge in [-0.25, -0.2) is 13.4 Å². The highest BCUT2D eigenvalue weighted by molar-refractivity contribution is 7.91. The first-order valence-electron chi connectivity index (χ1n) is 5.44. The summed E-state index contributed by atoms with van der Waals surface area (Å²) in [7, 11) is -2.84. The lowest BCUT2D eigenvalue weighted by atomic mass is 10.3. The minimum atomic E-state index is -2.84. The molecule has 17 heavy (non-hydrogen) atoms. The lowest BCUT2D eigenvalue weighted by molar-refractivity contribution is 0.218. The molecule has 1 saturated heterocycles. The van der Waals surface area contributed by atoms with Gasteiger partial charge in [0.15, 0.2) is 9.84 Å². The zero-order chi connectivity index (χ0) is 12.5. The van der Waals surface area contributed by atoms with E-state index in [2.05, 4.69) is 9.88 Å². The monoisotopic (exact) mass is 294 g/mol. The van der Waals surface area contributed by atoms with E-state index in [1.807, 2.05) is 12.3 Å². The van der Waals surface area contributed by atoms with E-state index >= 15 is 0 Å². The van der Waals surface area contributed by atoms with Crippen LogP contribution < -0.4 is 0 Å². The molecule has 1 aromatic heterocycles. The van der Waals surface area contributed by atoms with Crippen LogP contribution in [0.5, 0.6) is 0 Å². The number of halogens is 1. The van der Waals surface area contributed by atoms with E-state index in [0.29, 0.717) is 12.4 Å². The SMILES string of the molecule is CC1CS(=O)(=O)CCN1Cc1nc(CCl)cs1. The van der Waals surface area contributed by atoms with Crippen LogP contribution in [0, 0.1) is 0 Å². The van der Waals surface area contributed by atoms with Crippen molar-refractivity contribution in [3.63, 3.8) is 0 Å². The lowest BCUT2D eigenvalue weighted by Gasteiger charge is -2.32. The van der Waals surface area contributed by atoms with Crippen molar-refractivity contribution >= 4 is 32.8 Å². The molecule has 7 heteroatoms. The van der Waals surface area contributed by atoms with Gasteiger partial charge in [0, 0.05) is 18.0 Å². The fraction of sp³-hybridized carbons (Fsp3) is 0.700. The Morgan fingerprint density at radius 3 is 3.00 bits per heavy atom. The molecule has 1 aliphatic heterocycles. The van der Waals surface area contributed by atoms with Crippen LogP contribution in [0.3, 0.4) is 0 Å². The molecule has 96 valence electrons. The standard InChI is InChI=1S/C10H15ClN2O2S2/c1-8-7-17(14,15)3-2-13(8)5-10-12-9(4-11)6-16-10/h6,8H,2-5,7H2,1H3. The molecule has 0 aromatic carbocycles. The van der Waals surface area contributed by atoms with Gasteiger partial charge in [-0.3, -0.25) is 4.90 Å². The van der Waals surface area contributed by atoms with Gasteiger partial charge >= 0.3 is 0 Å². The van der Waals surface area contributed by atoms with Crippen molar-refractivity contribution in [1.82, 2.24) is 9.88 Å². The predicted octanol–water partition coefficient (Wildman–Crippen LogP) is 1.50. The number of thiazole rings is 1. The van der Waals surface area contributed by atoms with Gasteiger partial charge in [0.1, 0.15) is 5.01 Å². The summed E-state index contributed by atoms with van der Waals surface area (Å²) < 4.78 is 22.9. The summed E-state index contributed by atoms with van der Waals surface area (Å²) in [6, 6.07) is 0.0668. The largest absolute Gasteiger partial charge is 0.292 e. The van der Waals surface area contributed by atoms with Gasteiger partial charge in [-0.15, -0.1) is 22.9 Å². The first-order chi connectivity index (χ1) is 8.00. The van der Waals surface area contributed by atoms with E-state index in [1.165, 1.54) is 0 Å². The molecule has 0 spiro atoms. The highest BCUT2D eigenvalue weighted by Gasteiger charge is 2.28. The molecule has 2 heterocycles. The number of aromatic nitrogens is 1. The molecule has 0 bridgehead atoms. The highest BCUT2D eigenvalue weighted by Crippen LogP contribution is 2.18. The van der Waals surface area contributed by atoms with Gasteiger partial charge in [0.05, 0.1) is 29.6 Å². The van der Waals surface area contributed by atoms with Crippen molar-refractivity contribution in [1.29, 1.82) is 0 Å². The van der Waals surface area contributed by atoms with E-state index in [1.54, 1.807) is 11.3 Å². The summed E-state index contributed by atoms with van der Waals surface area (Å²) in [5, 5.41) is 2.96. The molecular formula is C10H15ClN2O2S2. The summed E-state index contributed by atoms with van der Waals surface area (Å²) in [5.41, 5.74) is 0.893. The van der Waals surface area contributed by atoms with Crippen molar-refractivity contribution in [3.05, 3.63) is 16.1 Å². The lowest BCUT2D eigenvalue weighted by Crippen LogP contribution is -2.46. The Bertz CT molecular complexity index is 486. The Hall–Kier alpha value is -0.170. The number of nitrogens with zero attached hydrogens (tertiary/aromatic N) is 2. The molecule has 0 saturated carbocycles. The topological polar surface area (TPSA) is 50.3 Å². The number of rotatable bonds is 3. The second-order valence-corrected chi connectivity index (χ2v) is 7.74. The summed E-state index contributed by atoms with van der Waals surface area (Å²) >= 11 is 7.28. The molecule has 1 atom stereocenters. The average Bonchev–Trinajstić information content (AvgIpc) is 2.69. The van der Waals surface area contributed by atoms with Crippen molar-refractivity contribution in [2.24, 2.45) is 0 Å². The van der Waals surface area contributed by atoms with E-state index < -0.39 is 9.84 Å². The molecule has 1 aliphatic rings. The van der Waals surface area contributed by atoms with Crippen molar-refractivity contribution < 1.29 is 8.42 Å². The Balaban J connectivity index is 2.00. The zero-order valence-corrected chi connectivity index (χ0v) is 12.0. The van der Waals surface area contributed by atoms with Crippen LogP contribution >= 0.6 is 22.9 Å². The third kappa shape index (κ3) is 3.40. The number of hydrogen-bond donors (Lipinski definition) is 0. The third-order valence-corrected chi connectivity index (χ3v) is 5.83. The molecule has 0 amide bonds. The van der Waals surface area contributed by atoms with Gasteiger partial charge in [-0.1, -0.05) is 0 Å². The minimum absolute atomic E-state index is 0.0668. The zero-order valence-electron chi connectivity index (χ0n) is 9.60. The summed E-state index contributed by atoms with van der Waals surface area (Å²) in [6.07, 6.45) is 0. The van der Waals surface area contributed by atoms with E-state index in [4.69, 9.17) is 11.6 Å². The van der Waals surface area contributed by atoms with Crippen molar-refractivity contribution in [2.45, 2.75) is 25.4 Å². The number of alkyl halides is 1. The maximum absolute atomic E-state index is 11.5. The molecule has 0 N–H and O–H groups in total. The van der Waals surface area contributed by atoms with Gasteiger partial charge in [0.2, 0.25) is 0 Å². The average molecular weight is 295 g/mol. The molecule has 1 fully saturated rings. The van der Waals surface area contributed by atoms with Gasteiger partial charge in [-0.05, 0) is 6.92 Å². The quantitative estimate of drug-likeness (QED) is 0.793. The van der Waals surface area contributed by atoms with Gasteiger partial charge < -0.3 is 0 Å². The minimum Gasteiger partial charge on any atom is -0.292 e. The molecule has 2 rings (SSSR count). The Labute approximate surface area is 111 Å². The van der Waals surface area contributed by atoms with Gasteiger partial charge in [-0.2, -0.15) is 0 Å². The van der Waals surface area contributed by atoms with Crippen LogP contribution in [0.1, 0.15) is 17.6 Å². The Morgan fingerprint density at radius 1 is 1.65 bits per heavy atom. The van der Waals surface area contributed by atoms with E-state index in [-0.39, 0.29) is 17.5 Å². The smallest absolute Gasteiger partial charge is 0.153 e. The molecule has 0 radical (unpaired) electrons. The van der Waals surface area contributed by atoms with Crippen LogP contribution in [0.4, 0.5) is 0 Å². The molecule has 1 unspecified atom stereocenters. The Kier molecular flexibility index (Phi) is 4.07. The fourth-order valence-electron chi connectivity index (χ4n) is 1.92. The first-order valence-corrected chi connectivity index (χ1v) is 8.67. The van der Waals surface area contributed by atoms with Crippen LogP contribution in [0.25, 0.3) is 0 Å². The number of sulfone groups is 1. The normalized spacial score (nSPS) is 24.9. The second-order valence-electron chi connectivity index (χ2n) is 4.30. The summed E-state index contributed by atoms with van der Waals surface area (Å²) in [5.74, 6) is 0.937. The van der Waals surface area contributed by atoms with Crippen LogP contribution in [-0.2, 0) is 22.3 Å². The van der Waals surface area contributed by atoms with Crippen molar-refractivity contribution in [3.8, 4) is 0 Å². The third-order valence-electron chi connectivity index (χ3n) is 2.88. The summed E-state index contributed by atoms with van der Waals surface area (Å²) in [4.78, 5) is 6.55. The summed E-state index contributed by atoms with van der Waals surface area (Å²) in [6.45, 7) is 3.27. The second kappa shape index (κ2) is 5.22. The number of hydrogen-bond acceptors (Lipinski definition) is 5. The molecular weight excluding hydrogens is 280 g/mol. The van der Waals surface area contributed by atoms with Gasteiger partial charge in [0.25, 0.3) is 0 Å². The van der Waals surface area contributed by atoms with E-state index in [0.717, 1.165) is 17.2 Å². The predicted molar refractivity (Wildman–Crippen MR) is 70.2 cm³/mol.